The van der Waals surface area contributed by atoms with Crippen LogP contribution < -0.4 is 15.4 Å². The number of aromatic nitrogens is 2. The standard InChI is InChI=1S/C18H24N4O2/c1-13(2)10-20-17(23)15-11-21-18(22-12-15)19-9-8-14-4-6-16(24-3)7-5-14/h4-7,11-13H,8-10H2,1-3H3,(H,20,23)(H,19,21,22). The van der Waals surface area contributed by atoms with Crippen LogP contribution in [0.5, 0.6) is 5.75 Å². The van der Waals surface area contributed by atoms with Crippen LogP contribution in [0.15, 0.2) is 36.7 Å². The highest BCUT2D eigenvalue weighted by atomic mass is 16.5. The summed E-state index contributed by atoms with van der Waals surface area (Å²) in [6.07, 6.45) is 3.93. The lowest BCUT2D eigenvalue weighted by Gasteiger charge is -2.08. The summed E-state index contributed by atoms with van der Waals surface area (Å²) < 4.78 is 5.14. The van der Waals surface area contributed by atoms with Gasteiger partial charge < -0.3 is 15.4 Å². The lowest BCUT2D eigenvalue weighted by atomic mass is 10.1. The van der Waals surface area contributed by atoms with Gasteiger partial charge in [0.15, 0.2) is 0 Å². The molecule has 1 aromatic heterocycles. The Morgan fingerprint density at radius 3 is 2.42 bits per heavy atom. The second-order valence-electron chi connectivity index (χ2n) is 5.92. The molecule has 2 rings (SSSR count). The van der Waals surface area contributed by atoms with Crippen LogP contribution in [0.25, 0.3) is 0 Å². The van der Waals surface area contributed by atoms with Crippen molar-refractivity contribution >= 4 is 11.9 Å². The zero-order valence-corrected chi connectivity index (χ0v) is 14.4. The topological polar surface area (TPSA) is 76.1 Å². The molecule has 6 heteroatoms. The summed E-state index contributed by atoms with van der Waals surface area (Å²) in [7, 11) is 1.65. The van der Waals surface area contributed by atoms with Crippen molar-refractivity contribution in [3.05, 3.63) is 47.8 Å². The molecule has 0 saturated heterocycles. The Morgan fingerprint density at radius 2 is 1.83 bits per heavy atom. The molecule has 0 aliphatic carbocycles. The van der Waals surface area contributed by atoms with Gasteiger partial charge in [-0.2, -0.15) is 0 Å². The maximum absolute atomic E-state index is 11.9. The summed E-state index contributed by atoms with van der Waals surface area (Å²) in [5, 5.41) is 6.00. The average Bonchev–Trinajstić information content (AvgIpc) is 2.61. The Kier molecular flexibility index (Phi) is 6.54. The van der Waals surface area contributed by atoms with Crippen LogP contribution in [-0.4, -0.2) is 36.1 Å². The van der Waals surface area contributed by atoms with E-state index < -0.39 is 0 Å². The van der Waals surface area contributed by atoms with Gasteiger partial charge in [0.1, 0.15) is 5.75 Å². The minimum Gasteiger partial charge on any atom is -0.497 e. The molecule has 128 valence electrons. The highest BCUT2D eigenvalue weighted by Gasteiger charge is 2.07. The number of nitrogens with one attached hydrogen (secondary N) is 2. The SMILES string of the molecule is COc1ccc(CCNc2ncc(C(=O)NCC(C)C)cn2)cc1. The second-order valence-corrected chi connectivity index (χ2v) is 5.92. The number of nitrogens with zero attached hydrogens (tertiary/aromatic N) is 2. The largest absolute Gasteiger partial charge is 0.497 e. The van der Waals surface area contributed by atoms with E-state index in [0.717, 1.165) is 12.2 Å². The summed E-state index contributed by atoms with van der Waals surface area (Å²) >= 11 is 0. The molecular weight excluding hydrogens is 304 g/mol. The molecule has 0 spiro atoms. The van der Waals surface area contributed by atoms with Gasteiger partial charge in [-0.05, 0) is 30.0 Å². The number of amides is 1. The molecule has 0 aliphatic rings. The van der Waals surface area contributed by atoms with Crippen LogP contribution in [0, 0.1) is 5.92 Å². The second kappa shape index (κ2) is 8.86. The fraction of sp³-hybridized carbons (Fsp3) is 0.389. The molecule has 0 unspecified atom stereocenters. The molecule has 0 radical (unpaired) electrons. The molecule has 0 fully saturated rings. The number of anilines is 1. The summed E-state index contributed by atoms with van der Waals surface area (Å²) in [5.41, 5.74) is 1.67. The highest BCUT2D eigenvalue weighted by Crippen LogP contribution is 2.11. The Morgan fingerprint density at radius 1 is 1.17 bits per heavy atom. The maximum Gasteiger partial charge on any atom is 0.254 e. The molecular formula is C18H24N4O2. The fourth-order valence-corrected chi connectivity index (χ4v) is 2.05. The lowest BCUT2D eigenvalue weighted by molar-refractivity contribution is 0.0948. The van der Waals surface area contributed by atoms with Gasteiger partial charge in [0.2, 0.25) is 5.95 Å². The summed E-state index contributed by atoms with van der Waals surface area (Å²) in [6, 6.07) is 7.94. The van der Waals surface area contributed by atoms with Gasteiger partial charge >= 0.3 is 0 Å². The van der Waals surface area contributed by atoms with Crippen molar-refractivity contribution in [1.82, 2.24) is 15.3 Å². The number of carbonyl (C=O) groups is 1. The third-order valence-corrected chi connectivity index (χ3v) is 3.44. The molecule has 1 aromatic carbocycles. The minimum absolute atomic E-state index is 0.145. The molecule has 0 atom stereocenters. The van der Waals surface area contributed by atoms with Crippen LogP contribution >= 0.6 is 0 Å². The van der Waals surface area contributed by atoms with E-state index in [1.165, 1.54) is 5.56 Å². The summed E-state index contributed by atoms with van der Waals surface area (Å²) in [6.45, 7) is 5.45. The van der Waals surface area contributed by atoms with Gasteiger partial charge in [0.05, 0.1) is 12.7 Å². The first-order chi connectivity index (χ1) is 11.6. The van der Waals surface area contributed by atoms with Gasteiger partial charge in [-0.1, -0.05) is 26.0 Å². The van der Waals surface area contributed by atoms with Crippen molar-refractivity contribution in [3.63, 3.8) is 0 Å². The van der Waals surface area contributed by atoms with Crippen molar-refractivity contribution in [1.29, 1.82) is 0 Å². The zero-order valence-electron chi connectivity index (χ0n) is 14.4. The van der Waals surface area contributed by atoms with Gasteiger partial charge in [-0.15, -0.1) is 0 Å². The number of methoxy groups -OCH3 is 1. The highest BCUT2D eigenvalue weighted by molar-refractivity contribution is 5.93. The zero-order chi connectivity index (χ0) is 17.4. The molecule has 0 bridgehead atoms. The predicted octanol–water partition coefficient (Wildman–Crippen LogP) is 2.53. The third kappa shape index (κ3) is 5.53. The quantitative estimate of drug-likeness (QED) is 0.779. The monoisotopic (exact) mass is 328 g/mol. The van der Waals surface area contributed by atoms with Crippen molar-refractivity contribution in [2.24, 2.45) is 5.92 Å². The fourth-order valence-electron chi connectivity index (χ4n) is 2.05. The Balaban J connectivity index is 1.79. The van der Waals surface area contributed by atoms with E-state index in [9.17, 15) is 4.79 Å². The van der Waals surface area contributed by atoms with E-state index >= 15 is 0 Å². The van der Waals surface area contributed by atoms with Crippen LogP contribution in [0.2, 0.25) is 0 Å². The number of rotatable bonds is 8. The minimum atomic E-state index is -0.145. The Bertz CT molecular complexity index is 639. The molecule has 1 amide bonds. The van der Waals surface area contributed by atoms with Gasteiger partial charge in [-0.3, -0.25) is 4.79 Å². The van der Waals surface area contributed by atoms with E-state index in [2.05, 4.69) is 20.6 Å². The summed E-state index contributed by atoms with van der Waals surface area (Å²) in [4.78, 5) is 20.3. The molecule has 0 aliphatic heterocycles. The lowest BCUT2D eigenvalue weighted by Crippen LogP contribution is -2.27. The first-order valence-corrected chi connectivity index (χ1v) is 8.05. The number of benzene rings is 1. The van der Waals surface area contributed by atoms with Gasteiger partial charge in [-0.25, -0.2) is 9.97 Å². The van der Waals surface area contributed by atoms with Crippen LogP contribution in [-0.2, 0) is 6.42 Å². The number of hydrogen-bond donors (Lipinski definition) is 2. The van der Waals surface area contributed by atoms with Crippen LogP contribution in [0.4, 0.5) is 5.95 Å². The number of carbonyl (C=O) groups excluding carboxylic acids is 1. The van der Waals surface area contributed by atoms with E-state index in [1.54, 1.807) is 19.5 Å². The Labute approximate surface area is 142 Å². The van der Waals surface area contributed by atoms with Gasteiger partial charge in [0.25, 0.3) is 5.91 Å². The maximum atomic E-state index is 11.9. The van der Waals surface area contributed by atoms with E-state index in [4.69, 9.17) is 4.74 Å². The molecule has 1 heterocycles. The van der Waals surface area contributed by atoms with Crippen molar-refractivity contribution in [3.8, 4) is 5.75 Å². The van der Waals surface area contributed by atoms with Gasteiger partial charge in [0, 0.05) is 25.5 Å². The molecule has 6 nitrogen and oxygen atoms in total. The molecule has 24 heavy (non-hydrogen) atoms. The summed E-state index contributed by atoms with van der Waals surface area (Å²) in [5.74, 6) is 1.63. The van der Waals surface area contributed by atoms with Crippen LogP contribution in [0.3, 0.4) is 0 Å². The first-order valence-electron chi connectivity index (χ1n) is 8.05. The molecule has 0 saturated carbocycles. The number of hydrogen-bond acceptors (Lipinski definition) is 5. The molecule has 2 aromatic rings. The molecule has 2 N–H and O–H groups in total. The van der Waals surface area contributed by atoms with Crippen molar-refractivity contribution < 1.29 is 9.53 Å². The smallest absolute Gasteiger partial charge is 0.254 e. The normalized spacial score (nSPS) is 10.5. The van der Waals surface area contributed by atoms with Crippen molar-refractivity contribution in [2.45, 2.75) is 20.3 Å². The third-order valence-electron chi connectivity index (χ3n) is 3.44. The van der Waals surface area contributed by atoms with Crippen LogP contribution in [0.1, 0.15) is 29.8 Å². The van der Waals surface area contributed by atoms with E-state index in [1.807, 2.05) is 38.1 Å². The van der Waals surface area contributed by atoms with Crippen molar-refractivity contribution in [2.75, 3.05) is 25.5 Å². The average molecular weight is 328 g/mol. The van der Waals surface area contributed by atoms with E-state index in [-0.39, 0.29) is 5.91 Å². The predicted molar refractivity (Wildman–Crippen MR) is 94.4 cm³/mol. The number of ether oxygens (including phenoxy) is 1. The first kappa shape index (κ1) is 17.7. The van der Waals surface area contributed by atoms with E-state index in [0.29, 0.717) is 30.5 Å². The Hall–Kier alpha value is -2.63.